The Hall–Kier alpha value is -2.59. The van der Waals surface area contributed by atoms with Crippen molar-refractivity contribution in [2.45, 2.75) is 19.8 Å². The normalized spacial score (nSPS) is 14.0. The third-order valence-electron chi connectivity index (χ3n) is 4.81. The Labute approximate surface area is 164 Å². The van der Waals surface area contributed by atoms with Crippen molar-refractivity contribution in [3.05, 3.63) is 75.3 Å². The first kappa shape index (κ1) is 19.2. The van der Waals surface area contributed by atoms with Crippen LogP contribution in [0.25, 0.3) is 6.08 Å². The summed E-state index contributed by atoms with van der Waals surface area (Å²) in [6.07, 6.45) is 3.84. The second-order valence-corrected chi connectivity index (χ2v) is 7.10. The minimum absolute atomic E-state index is 0.0454. The molecule has 1 amide bonds. The van der Waals surface area contributed by atoms with Gasteiger partial charge in [0.2, 0.25) is 0 Å². The fourth-order valence-corrected chi connectivity index (χ4v) is 3.39. The second-order valence-electron chi connectivity index (χ2n) is 6.67. The standard InChI is InChI=1S/C22H22ClNO3/c1-15-13-17(3-8-20(15)22(26)27-2)14-16-9-11-24(12-10-16)21(25)18-4-6-19(23)7-5-18/h3-8,13-14H,9-12H2,1-2H3. The molecule has 0 bridgehead atoms. The molecule has 3 rings (SSSR count). The summed E-state index contributed by atoms with van der Waals surface area (Å²) >= 11 is 5.89. The van der Waals surface area contributed by atoms with Crippen molar-refractivity contribution in [1.82, 2.24) is 4.90 Å². The summed E-state index contributed by atoms with van der Waals surface area (Å²) in [6, 6.07) is 12.7. The van der Waals surface area contributed by atoms with Crippen LogP contribution in [0.15, 0.2) is 48.0 Å². The number of methoxy groups -OCH3 is 1. The Balaban J connectivity index is 1.65. The Kier molecular flexibility index (Phi) is 5.97. The predicted molar refractivity (Wildman–Crippen MR) is 107 cm³/mol. The van der Waals surface area contributed by atoms with Gasteiger partial charge in [-0.3, -0.25) is 4.79 Å². The maximum atomic E-state index is 12.6. The number of rotatable bonds is 3. The molecule has 27 heavy (non-hydrogen) atoms. The fourth-order valence-electron chi connectivity index (χ4n) is 3.27. The molecule has 4 nitrogen and oxygen atoms in total. The zero-order valence-corrected chi connectivity index (χ0v) is 16.3. The van der Waals surface area contributed by atoms with Gasteiger partial charge >= 0.3 is 5.97 Å². The van der Waals surface area contributed by atoms with Gasteiger partial charge in [0.15, 0.2) is 0 Å². The molecule has 140 valence electrons. The highest BCUT2D eigenvalue weighted by Crippen LogP contribution is 2.23. The first-order chi connectivity index (χ1) is 13.0. The van der Waals surface area contributed by atoms with Gasteiger partial charge in [0.1, 0.15) is 0 Å². The lowest BCUT2D eigenvalue weighted by Crippen LogP contribution is -2.36. The maximum Gasteiger partial charge on any atom is 0.338 e. The number of amides is 1. The molecule has 1 aliphatic rings. The quantitative estimate of drug-likeness (QED) is 0.718. The van der Waals surface area contributed by atoms with Gasteiger partial charge in [0.05, 0.1) is 12.7 Å². The van der Waals surface area contributed by atoms with Crippen LogP contribution in [0.3, 0.4) is 0 Å². The number of carbonyl (C=O) groups is 2. The molecule has 5 heteroatoms. The van der Waals surface area contributed by atoms with Crippen molar-refractivity contribution < 1.29 is 14.3 Å². The van der Waals surface area contributed by atoms with E-state index in [4.69, 9.17) is 16.3 Å². The molecule has 0 aromatic heterocycles. The maximum absolute atomic E-state index is 12.6. The van der Waals surface area contributed by atoms with E-state index in [1.165, 1.54) is 12.7 Å². The van der Waals surface area contributed by atoms with Crippen molar-refractivity contribution in [3.63, 3.8) is 0 Å². The topological polar surface area (TPSA) is 46.6 Å². The summed E-state index contributed by atoms with van der Waals surface area (Å²) in [5.74, 6) is -0.273. The number of benzene rings is 2. The predicted octanol–water partition coefficient (Wildman–Crippen LogP) is 4.75. The van der Waals surface area contributed by atoms with E-state index in [1.54, 1.807) is 30.3 Å². The average Bonchev–Trinajstić information content (AvgIpc) is 2.68. The van der Waals surface area contributed by atoms with Gasteiger partial charge in [0, 0.05) is 23.7 Å². The zero-order chi connectivity index (χ0) is 19.4. The lowest BCUT2D eigenvalue weighted by molar-refractivity contribution is 0.0599. The summed E-state index contributed by atoms with van der Waals surface area (Å²) in [7, 11) is 1.39. The lowest BCUT2D eigenvalue weighted by atomic mass is 9.98. The Bertz CT molecular complexity index is 877. The van der Waals surface area contributed by atoms with Gasteiger partial charge in [-0.25, -0.2) is 4.79 Å². The molecular weight excluding hydrogens is 362 g/mol. The lowest BCUT2D eigenvalue weighted by Gasteiger charge is -2.28. The van der Waals surface area contributed by atoms with Crippen LogP contribution in [0.2, 0.25) is 5.02 Å². The number of hydrogen-bond acceptors (Lipinski definition) is 3. The Morgan fingerprint density at radius 2 is 1.74 bits per heavy atom. The molecule has 1 saturated heterocycles. The van der Waals surface area contributed by atoms with E-state index >= 15 is 0 Å². The summed E-state index contributed by atoms with van der Waals surface area (Å²) in [5, 5.41) is 0.629. The molecule has 0 radical (unpaired) electrons. The van der Waals surface area contributed by atoms with Crippen molar-refractivity contribution in [3.8, 4) is 0 Å². The average molecular weight is 384 g/mol. The number of ether oxygens (including phenoxy) is 1. The van der Waals surface area contributed by atoms with E-state index < -0.39 is 0 Å². The highest BCUT2D eigenvalue weighted by molar-refractivity contribution is 6.30. The summed E-state index contributed by atoms with van der Waals surface area (Å²) < 4.78 is 4.79. The SMILES string of the molecule is COC(=O)c1ccc(C=C2CCN(C(=O)c3ccc(Cl)cc3)CC2)cc1C. The summed E-state index contributed by atoms with van der Waals surface area (Å²) in [4.78, 5) is 26.1. The number of halogens is 1. The highest BCUT2D eigenvalue weighted by Gasteiger charge is 2.20. The molecule has 0 aliphatic carbocycles. The molecule has 0 saturated carbocycles. The van der Waals surface area contributed by atoms with E-state index in [0.717, 1.165) is 24.0 Å². The monoisotopic (exact) mass is 383 g/mol. The van der Waals surface area contributed by atoms with E-state index in [9.17, 15) is 9.59 Å². The minimum atomic E-state index is -0.319. The fraction of sp³-hybridized carbons (Fsp3) is 0.273. The largest absolute Gasteiger partial charge is 0.465 e. The molecule has 0 N–H and O–H groups in total. The summed E-state index contributed by atoms with van der Waals surface area (Å²) in [5.41, 5.74) is 4.52. The number of aryl methyl sites for hydroxylation is 1. The van der Waals surface area contributed by atoms with E-state index in [-0.39, 0.29) is 11.9 Å². The smallest absolute Gasteiger partial charge is 0.338 e. The van der Waals surface area contributed by atoms with Crippen LogP contribution in [0, 0.1) is 6.92 Å². The van der Waals surface area contributed by atoms with Crippen molar-refractivity contribution in [2.75, 3.05) is 20.2 Å². The van der Waals surface area contributed by atoms with E-state index in [2.05, 4.69) is 6.08 Å². The van der Waals surface area contributed by atoms with Gasteiger partial charge in [-0.2, -0.15) is 0 Å². The highest BCUT2D eigenvalue weighted by atomic mass is 35.5. The van der Waals surface area contributed by atoms with E-state index in [1.807, 2.05) is 24.0 Å². The molecule has 1 fully saturated rings. The molecule has 0 unspecified atom stereocenters. The molecule has 0 spiro atoms. The van der Waals surface area contributed by atoms with Crippen molar-refractivity contribution in [1.29, 1.82) is 0 Å². The first-order valence-corrected chi connectivity index (χ1v) is 9.29. The Morgan fingerprint density at radius 1 is 1.07 bits per heavy atom. The molecule has 0 atom stereocenters. The van der Waals surface area contributed by atoms with Crippen LogP contribution in [-0.2, 0) is 4.74 Å². The van der Waals surface area contributed by atoms with Gasteiger partial charge < -0.3 is 9.64 Å². The molecule has 1 heterocycles. The van der Waals surface area contributed by atoms with Gasteiger partial charge in [-0.15, -0.1) is 0 Å². The molecule has 2 aromatic carbocycles. The van der Waals surface area contributed by atoms with Crippen LogP contribution in [0.5, 0.6) is 0 Å². The first-order valence-electron chi connectivity index (χ1n) is 8.91. The number of piperidine rings is 1. The third-order valence-corrected chi connectivity index (χ3v) is 5.06. The Morgan fingerprint density at radius 3 is 2.33 bits per heavy atom. The molecule has 2 aromatic rings. The number of likely N-dealkylation sites (tertiary alicyclic amines) is 1. The van der Waals surface area contributed by atoms with Gasteiger partial charge in [-0.1, -0.05) is 35.4 Å². The van der Waals surface area contributed by atoms with Crippen LogP contribution in [-0.4, -0.2) is 37.0 Å². The summed E-state index contributed by atoms with van der Waals surface area (Å²) in [6.45, 7) is 3.31. The third kappa shape index (κ3) is 4.58. The van der Waals surface area contributed by atoms with Gasteiger partial charge in [-0.05, 0) is 61.2 Å². The number of hydrogen-bond donors (Lipinski definition) is 0. The second kappa shape index (κ2) is 8.40. The zero-order valence-electron chi connectivity index (χ0n) is 15.5. The van der Waals surface area contributed by atoms with E-state index in [0.29, 0.717) is 29.2 Å². The molecule has 1 aliphatic heterocycles. The minimum Gasteiger partial charge on any atom is -0.465 e. The van der Waals surface area contributed by atoms with Crippen LogP contribution in [0.4, 0.5) is 0 Å². The van der Waals surface area contributed by atoms with Crippen molar-refractivity contribution in [2.24, 2.45) is 0 Å². The number of nitrogens with zero attached hydrogens (tertiary/aromatic N) is 1. The number of esters is 1. The van der Waals surface area contributed by atoms with Gasteiger partial charge in [0.25, 0.3) is 5.91 Å². The van der Waals surface area contributed by atoms with Crippen molar-refractivity contribution >= 4 is 29.6 Å². The molecular formula is C22H22ClNO3. The number of carbonyl (C=O) groups excluding carboxylic acids is 2. The van der Waals surface area contributed by atoms with Crippen LogP contribution < -0.4 is 0 Å². The van der Waals surface area contributed by atoms with Crippen LogP contribution in [0.1, 0.15) is 44.7 Å². The van der Waals surface area contributed by atoms with Crippen LogP contribution >= 0.6 is 11.6 Å².